The van der Waals surface area contributed by atoms with Crippen LogP contribution in [0.1, 0.15) is 29.6 Å². The van der Waals surface area contributed by atoms with E-state index in [-0.39, 0.29) is 11.3 Å². The lowest BCUT2D eigenvalue weighted by atomic mass is 10.1. The van der Waals surface area contributed by atoms with Crippen LogP contribution in [-0.2, 0) is 10.2 Å². The number of carboxylic acids is 1. The van der Waals surface area contributed by atoms with E-state index in [0.717, 1.165) is 30.0 Å². The number of nitrogens with zero attached hydrogens (tertiary/aromatic N) is 1. The summed E-state index contributed by atoms with van der Waals surface area (Å²) in [6.45, 7) is 0.927. The van der Waals surface area contributed by atoms with Crippen molar-refractivity contribution < 1.29 is 18.3 Å². The number of anilines is 1. The summed E-state index contributed by atoms with van der Waals surface area (Å²) in [5.74, 6) is -1.16. The molecule has 23 heavy (non-hydrogen) atoms. The summed E-state index contributed by atoms with van der Waals surface area (Å²) < 4.78 is 28.8. The van der Waals surface area contributed by atoms with E-state index in [1.54, 1.807) is 12.1 Å². The monoisotopic (exact) mass is 334 g/mol. The van der Waals surface area contributed by atoms with E-state index in [0.29, 0.717) is 13.1 Å². The fourth-order valence-corrected chi connectivity index (χ4v) is 4.13. The summed E-state index contributed by atoms with van der Waals surface area (Å²) in [6.07, 6.45) is 2.66. The number of hydrogen-bond donors (Lipinski definition) is 2. The van der Waals surface area contributed by atoms with Crippen LogP contribution in [0.25, 0.3) is 10.8 Å². The molecule has 2 N–H and O–H groups in total. The number of fused-ring (bicyclic) bond motifs is 1. The first kappa shape index (κ1) is 15.8. The molecule has 1 fully saturated rings. The fourth-order valence-electron chi connectivity index (χ4n) is 2.81. The minimum absolute atomic E-state index is 0.0516. The molecule has 2 aromatic carbocycles. The largest absolute Gasteiger partial charge is 0.478 e. The maximum absolute atomic E-state index is 12.5. The topological polar surface area (TPSA) is 86.7 Å². The average molecular weight is 334 g/mol. The summed E-state index contributed by atoms with van der Waals surface area (Å²) in [6, 6.07) is 10.3. The van der Waals surface area contributed by atoms with Crippen molar-refractivity contribution in [2.24, 2.45) is 0 Å². The zero-order valence-electron chi connectivity index (χ0n) is 12.5. The fraction of sp³-hybridized carbons (Fsp3) is 0.312. The number of aromatic carboxylic acids is 1. The van der Waals surface area contributed by atoms with Crippen LogP contribution in [-0.4, -0.2) is 36.9 Å². The Morgan fingerprint density at radius 1 is 1.04 bits per heavy atom. The Balaban J connectivity index is 2.00. The molecule has 0 saturated carbocycles. The number of hydrogen-bond acceptors (Lipinski definition) is 3. The second-order valence-electron chi connectivity index (χ2n) is 5.62. The lowest BCUT2D eigenvalue weighted by Crippen LogP contribution is -2.39. The van der Waals surface area contributed by atoms with E-state index in [2.05, 4.69) is 4.72 Å². The highest BCUT2D eigenvalue weighted by atomic mass is 32.2. The smallest absolute Gasteiger partial charge is 0.337 e. The van der Waals surface area contributed by atoms with Gasteiger partial charge in [0.05, 0.1) is 11.3 Å². The normalized spacial score (nSPS) is 16.3. The van der Waals surface area contributed by atoms with Crippen molar-refractivity contribution in [3.05, 3.63) is 42.0 Å². The van der Waals surface area contributed by atoms with E-state index < -0.39 is 16.2 Å². The average Bonchev–Trinajstić information content (AvgIpc) is 2.54. The molecule has 3 rings (SSSR count). The molecule has 0 unspecified atom stereocenters. The summed E-state index contributed by atoms with van der Waals surface area (Å²) >= 11 is 0. The highest BCUT2D eigenvalue weighted by Gasteiger charge is 2.25. The molecule has 0 amide bonds. The molecule has 6 nitrogen and oxygen atoms in total. The maximum atomic E-state index is 12.5. The predicted octanol–water partition coefficient (Wildman–Crippen LogP) is 2.68. The van der Waals surface area contributed by atoms with Gasteiger partial charge in [0.1, 0.15) is 0 Å². The Labute approximate surface area is 134 Å². The van der Waals surface area contributed by atoms with Gasteiger partial charge in [-0.25, -0.2) is 4.79 Å². The van der Waals surface area contributed by atoms with Gasteiger partial charge in [0, 0.05) is 13.1 Å². The van der Waals surface area contributed by atoms with Gasteiger partial charge in [-0.05, 0) is 35.7 Å². The SMILES string of the molecule is O=C(O)c1cc2ccccc2cc1NS(=O)(=O)N1CCCCC1. The van der Waals surface area contributed by atoms with E-state index >= 15 is 0 Å². The van der Waals surface area contributed by atoms with Gasteiger partial charge in [-0.1, -0.05) is 30.7 Å². The van der Waals surface area contributed by atoms with Gasteiger partial charge < -0.3 is 5.11 Å². The van der Waals surface area contributed by atoms with Crippen molar-refractivity contribution in [3.63, 3.8) is 0 Å². The van der Waals surface area contributed by atoms with Crippen LogP contribution >= 0.6 is 0 Å². The number of carbonyl (C=O) groups is 1. The Hall–Kier alpha value is -2.12. The van der Waals surface area contributed by atoms with E-state index in [4.69, 9.17) is 0 Å². The molecular formula is C16H18N2O4S. The first-order valence-electron chi connectivity index (χ1n) is 7.51. The molecule has 1 aliphatic heterocycles. The first-order chi connectivity index (χ1) is 11.0. The summed E-state index contributed by atoms with van der Waals surface area (Å²) in [5, 5.41) is 10.9. The zero-order valence-corrected chi connectivity index (χ0v) is 13.3. The third kappa shape index (κ3) is 3.30. The quantitative estimate of drug-likeness (QED) is 0.900. The van der Waals surface area contributed by atoms with Crippen LogP contribution in [0.5, 0.6) is 0 Å². The van der Waals surface area contributed by atoms with E-state index in [9.17, 15) is 18.3 Å². The van der Waals surface area contributed by atoms with Crippen LogP contribution in [0.2, 0.25) is 0 Å². The second-order valence-corrected chi connectivity index (χ2v) is 7.29. The first-order valence-corrected chi connectivity index (χ1v) is 8.95. The Morgan fingerprint density at radius 3 is 2.26 bits per heavy atom. The van der Waals surface area contributed by atoms with Crippen LogP contribution in [0.4, 0.5) is 5.69 Å². The molecule has 0 spiro atoms. The minimum Gasteiger partial charge on any atom is -0.478 e. The molecule has 122 valence electrons. The van der Waals surface area contributed by atoms with Gasteiger partial charge in [-0.2, -0.15) is 12.7 Å². The van der Waals surface area contributed by atoms with E-state index in [1.807, 2.05) is 18.2 Å². The highest BCUT2D eigenvalue weighted by Crippen LogP contribution is 2.26. The van der Waals surface area contributed by atoms with E-state index in [1.165, 1.54) is 10.4 Å². The van der Waals surface area contributed by atoms with Gasteiger partial charge in [-0.15, -0.1) is 0 Å². The molecule has 2 aromatic rings. The summed E-state index contributed by atoms with van der Waals surface area (Å²) in [5.41, 5.74) is 0.0473. The molecule has 1 aliphatic rings. The molecular weight excluding hydrogens is 316 g/mol. The van der Waals surface area contributed by atoms with Gasteiger partial charge >= 0.3 is 16.2 Å². The van der Waals surface area contributed by atoms with Crippen molar-refractivity contribution in [1.29, 1.82) is 0 Å². The van der Waals surface area contributed by atoms with Crippen molar-refractivity contribution in [3.8, 4) is 0 Å². The second kappa shape index (κ2) is 6.17. The van der Waals surface area contributed by atoms with Gasteiger partial charge in [0.2, 0.25) is 0 Å². The number of rotatable bonds is 4. The number of nitrogens with one attached hydrogen (secondary N) is 1. The predicted molar refractivity (Wildman–Crippen MR) is 88.9 cm³/mol. The molecule has 0 aromatic heterocycles. The summed E-state index contributed by atoms with van der Waals surface area (Å²) in [4.78, 5) is 11.5. The molecule has 0 radical (unpaired) electrons. The van der Waals surface area contributed by atoms with Gasteiger partial charge in [0.15, 0.2) is 0 Å². The van der Waals surface area contributed by atoms with Crippen LogP contribution in [0.3, 0.4) is 0 Å². The third-order valence-electron chi connectivity index (χ3n) is 4.01. The van der Waals surface area contributed by atoms with Crippen molar-refractivity contribution >= 4 is 32.6 Å². The Morgan fingerprint density at radius 2 is 1.65 bits per heavy atom. The molecule has 0 aliphatic carbocycles. The Bertz CT molecular complexity index is 842. The van der Waals surface area contributed by atoms with Crippen LogP contribution in [0.15, 0.2) is 36.4 Å². The zero-order chi connectivity index (χ0) is 16.4. The standard InChI is InChI=1S/C16H18N2O4S/c19-16(20)14-10-12-6-2-3-7-13(12)11-15(14)17-23(21,22)18-8-4-1-5-9-18/h2-3,6-7,10-11,17H,1,4-5,8-9H2,(H,19,20). The van der Waals surface area contributed by atoms with Gasteiger partial charge in [0.25, 0.3) is 0 Å². The van der Waals surface area contributed by atoms with Gasteiger partial charge in [-0.3, -0.25) is 4.72 Å². The molecule has 1 heterocycles. The number of benzene rings is 2. The Kier molecular flexibility index (Phi) is 4.23. The number of piperidine rings is 1. The number of carboxylic acid groups (broad SMARTS) is 1. The third-order valence-corrected chi connectivity index (χ3v) is 5.53. The molecule has 0 atom stereocenters. The highest BCUT2D eigenvalue weighted by molar-refractivity contribution is 7.90. The lowest BCUT2D eigenvalue weighted by molar-refractivity contribution is 0.0698. The van der Waals surface area contributed by atoms with Crippen molar-refractivity contribution in [2.75, 3.05) is 17.8 Å². The van der Waals surface area contributed by atoms with Crippen molar-refractivity contribution in [2.45, 2.75) is 19.3 Å². The van der Waals surface area contributed by atoms with Crippen LogP contribution in [0, 0.1) is 0 Å². The lowest BCUT2D eigenvalue weighted by Gasteiger charge is -2.26. The molecule has 0 bridgehead atoms. The van der Waals surface area contributed by atoms with Crippen molar-refractivity contribution in [1.82, 2.24) is 4.31 Å². The molecule has 7 heteroatoms. The summed E-state index contributed by atoms with van der Waals surface area (Å²) in [7, 11) is -3.74. The molecule has 1 saturated heterocycles. The minimum atomic E-state index is -3.74. The van der Waals surface area contributed by atoms with Crippen LogP contribution < -0.4 is 4.72 Å². The maximum Gasteiger partial charge on any atom is 0.337 e.